The van der Waals surface area contributed by atoms with E-state index in [0.29, 0.717) is 18.9 Å². The maximum absolute atomic E-state index is 11.8. The van der Waals surface area contributed by atoms with Gasteiger partial charge < -0.3 is 11.1 Å². The lowest BCUT2D eigenvalue weighted by Gasteiger charge is -2.12. The topological polar surface area (TPSA) is 55.1 Å². The van der Waals surface area contributed by atoms with Crippen LogP contribution < -0.4 is 11.1 Å². The highest BCUT2D eigenvalue weighted by molar-refractivity contribution is 5.76. The van der Waals surface area contributed by atoms with Crippen molar-refractivity contribution in [1.29, 1.82) is 0 Å². The van der Waals surface area contributed by atoms with Crippen LogP contribution in [0.25, 0.3) is 0 Å². The highest BCUT2D eigenvalue weighted by Crippen LogP contribution is 2.44. The number of hydrogen-bond acceptors (Lipinski definition) is 2. The third-order valence-electron chi connectivity index (χ3n) is 3.76. The van der Waals surface area contributed by atoms with Gasteiger partial charge in [-0.05, 0) is 23.8 Å². The van der Waals surface area contributed by atoms with Gasteiger partial charge in [0.15, 0.2) is 0 Å². The van der Waals surface area contributed by atoms with E-state index in [1.54, 1.807) is 0 Å². The Bertz CT molecular complexity index is 414. The predicted molar refractivity (Wildman–Crippen MR) is 72.9 cm³/mol. The van der Waals surface area contributed by atoms with Crippen molar-refractivity contribution in [3.63, 3.8) is 0 Å². The number of carbonyl (C=O) groups excluding carboxylic acids is 1. The van der Waals surface area contributed by atoms with E-state index < -0.39 is 0 Å². The Kier molecular flexibility index (Phi) is 3.71. The molecule has 0 aromatic heterocycles. The Balaban J connectivity index is 1.73. The van der Waals surface area contributed by atoms with Crippen molar-refractivity contribution >= 4 is 5.91 Å². The number of amides is 1. The summed E-state index contributed by atoms with van der Waals surface area (Å²) in [5, 5.41) is 3.06. The van der Waals surface area contributed by atoms with Crippen LogP contribution in [0.3, 0.4) is 0 Å². The van der Waals surface area contributed by atoms with E-state index in [9.17, 15) is 4.79 Å². The molecule has 0 aliphatic heterocycles. The first kappa shape index (κ1) is 13.1. The van der Waals surface area contributed by atoms with Crippen LogP contribution in [-0.4, -0.2) is 11.9 Å². The highest BCUT2D eigenvalue weighted by Gasteiger charge is 2.46. The van der Waals surface area contributed by atoms with Gasteiger partial charge in [0.2, 0.25) is 5.91 Å². The molecule has 1 aliphatic rings. The van der Waals surface area contributed by atoms with E-state index >= 15 is 0 Å². The summed E-state index contributed by atoms with van der Waals surface area (Å²) in [5.74, 6) is 0.122. The van der Waals surface area contributed by atoms with Crippen LogP contribution in [-0.2, 0) is 4.79 Å². The molecule has 2 atom stereocenters. The highest BCUT2D eigenvalue weighted by atomic mass is 16.1. The first-order valence-corrected chi connectivity index (χ1v) is 6.59. The van der Waals surface area contributed by atoms with Crippen molar-refractivity contribution in [2.45, 2.75) is 45.2 Å². The number of hydrogen-bond donors (Lipinski definition) is 2. The minimum atomic E-state index is -0.0517. The molecule has 1 aromatic rings. The van der Waals surface area contributed by atoms with Gasteiger partial charge in [-0.15, -0.1) is 0 Å². The number of carbonyl (C=O) groups is 1. The summed E-state index contributed by atoms with van der Waals surface area (Å²) in [4.78, 5) is 11.8. The van der Waals surface area contributed by atoms with E-state index in [1.165, 1.54) is 0 Å². The average Bonchev–Trinajstić information content (AvgIpc) is 2.94. The SMILES string of the molecule is CC1(C)CC1NC(=O)CCC(N)c1ccccc1. The third kappa shape index (κ3) is 3.33. The molecule has 2 rings (SSSR count). The van der Waals surface area contributed by atoms with Crippen LogP contribution in [0.4, 0.5) is 0 Å². The van der Waals surface area contributed by atoms with E-state index in [4.69, 9.17) is 5.73 Å². The van der Waals surface area contributed by atoms with Gasteiger partial charge >= 0.3 is 0 Å². The van der Waals surface area contributed by atoms with Crippen LogP contribution in [0, 0.1) is 5.41 Å². The summed E-state index contributed by atoms with van der Waals surface area (Å²) in [6, 6.07) is 10.2. The molecular weight excluding hydrogens is 224 g/mol. The molecule has 2 unspecified atom stereocenters. The van der Waals surface area contributed by atoms with E-state index in [2.05, 4.69) is 19.2 Å². The van der Waals surface area contributed by atoms with Crippen LogP contribution in [0.5, 0.6) is 0 Å². The van der Waals surface area contributed by atoms with Gasteiger partial charge in [0, 0.05) is 18.5 Å². The molecule has 0 spiro atoms. The second-order valence-corrected chi connectivity index (χ2v) is 5.87. The quantitative estimate of drug-likeness (QED) is 0.838. The van der Waals surface area contributed by atoms with Gasteiger partial charge in [0.1, 0.15) is 0 Å². The fraction of sp³-hybridized carbons (Fsp3) is 0.533. The normalized spacial score (nSPS) is 22.3. The molecule has 1 amide bonds. The Morgan fingerprint density at radius 1 is 1.44 bits per heavy atom. The Morgan fingerprint density at radius 3 is 2.61 bits per heavy atom. The van der Waals surface area contributed by atoms with Crippen molar-refractivity contribution < 1.29 is 4.79 Å². The van der Waals surface area contributed by atoms with Crippen molar-refractivity contribution in [3.8, 4) is 0 Å². The predicted octanol–water partition coefficient (Wildman–Crippen LogP) is 2.38. The van der Waals surface area contributed by atoms with E-state index in [0.717, 1.165) is 12.0 Å². The maximum Gasteiger partial charge on any atom is 0.220 e. The first-order chi connectivity index (χ1) is 8.49. The zero-order valence-corrected chi connectivity index (χ0v) is 11.1. The summed E-state index contributed by atoms with van der Waals surface area (Å²) in [7, 11) is 0. The van der Waals surface area contributed by atoms with Gasteiger partial charge in [0.25, 0.3) is 0 Å². The zero-order valence-electron chi connectivity index (χ0n) is 11.1. The van der Waals surface area contributed by atoms with E-state index in [-0.39, 0.29) is 17.4 Å². The summed E-state index contributed by atoms with van der Waals surface area (Å²) in [6.07, 6.45) is 2.29. The molecule has 0 bridgehead atoms. The fourth-order valence-corrected chi connectivity index (χ4v) is 2.13. The van der Waals surface area contributed by atoms with Crippen molar-refractivity contribution in [3.05, 3.63) is 35.9 Å². The van der Waals surface area contributed by atoms with Crippen LogP contribution >= 0.6 is 0 Å². The van der Waals surface area contributed by atoms with Gasteiger partial charge in [-0.3, -0.25) is 4.79 Å². The van der Waals surface area contributed by atoms with Crippen molar-refractivity contribution in [2.24, 2.45) is 11.1 Å². The molecule has 1 aromatic carbocycles. The molecule has 1 saturated carbocycles. The smallest absolute Gasteiger partial charge is 0.220 e. The second kappa shape index (κ2) is 5.11. The standard InChI is InChI=1S/C15H22N2O/c1-15(2)10-13(15)17-14(18)9-8-12(16)11-6-4-3-5-7-11/h3-7,12-13H,8-10,16H2,1-2H3,(H,17,18). The lowest BCUT2D eigenvalue weighted by molar-refractivity contribution is -0.121. The van der Waals surface area contributed by atoms with Gasteiger partial charge in [-0.2, -0.15) is 0 Å². The minimum Gasteiger partial charge on any atom is -0.353 e. The molecule has 3 nitrogen and oxygen atoms in total. The summed E-state index contributed by atoms with van der Waals surface area (Å²) < 4.78 is 0. The molecule has 1 aliphatic carbocycles. The summed E-state index contributed by atoms with van der Waals surface area (Å²) >= 11 is 0. The minimum absolute atomic E-state index is 0.0517. The molecule has 3 heteroatoms. The molecule has 98 valence electrons. The van der Waals surface area contributed by atoms with Crippen LogP contribution in [0.2, 0.25) is 0 Å². The largest absolute Gasteiger partial charge is 0.353 e. The van der Waals surface area contributed by atoms with Gasteiger partial charge in [-0.25, -0.2) is 0 Å². The maximum atomic E-state index is 11.8. The molecule has 0 saturated heterocycles. The Hall–Kier alpha value is -1.35. The number of nitrogens with one attached hydrogen (secondary N) is 1. The lowest BCUT2D eigenvalue weighted by Crippen LogP contribution is -2.29. The number of rotatable bonds is 5. The van der Waals surface area contributed by atoms with Crippen molar-refractivity contribution in [1.82, 2.24) is 5.32 Å². The molecule has 1 fully saturated rings. The van der Waals surface area contributed by atoms with Crippen LogP contribution in [0.1, 0.15) is 44.7 Å². The van der Waals surface area contributed by atoms with Crippen LogP contribution in [0.15, 0.2) is 30.3 Å². The molecular formula is C15H22N2O. The summed E-state index contributed by atoms with van der Waals surface area (Å²) in [6.45, 7) is 4.35. The Morgan fingerprint density at radius 2 is 2.06 bits per heavy atom. The van der Waals surface area contributed by atoms with E-state index in [1.807, 2.05) is 30.3 Å². The van der Waals surface area contributed by atoms with Crippen molar-refractivity contribution in [2.75, 3.05) is 0 Å². The Labute approximate surface area is 109 Å². The lowest BCUT2D eigenvalue weighted by atomic mass is 10.0. The molecule has 0 radical (unpaired) electrons. The zero-order chi connectivity index (χ0) is 13.2. The second-order valence-electron chi connectivity index (χ2n) is 5.87. The fourth-order valence-electron chi connectivity index (χ4n) is 2.13. The van der Waals surface area contributed by atoms with Gasteiger partial charge in [0.05, 0.1) is 0 Å². The van der Waals surface area contributed by atoms with Gasteiger partial charge in [-0.1, -0.05) is 44.2 Å². The number of benzene rings is 1. The number of nitrogens with two attached hydrogens (primary N) is 1. The molecule has 18 heavy (non-hydrogen) atoms. The first-order valence-electron chi connectivity index (χ1n) is 6.59. The molecule has 0 heterocycles. The third-order valence-corrected chi connectivity index (χ3v) is 3.76. The monoisotopic (exact) mass is 246 g/mol. The summed E-state index contributed by atoms with van der Waals surface area (Å²) in [5.41, 5.74) is 7.45. The molecule has 3 N–H and O–H groups in total. The average molecular weight is 246 g/mol.